The summed E-state index contributed by atoms with van der Waals surface area (Å²) >= 11 is 0. The van der Waals surface area contributed by atoms with Gasteiger partial charge in [0.1, 0.15) is 11.6 Å². The Hall–Kier alpha value is -1.88. The topological polar surface area (TPSA) is 49.9 Å². The third kappa shape index (κ3) is 2.22. The maximum Gasteiger partial charge on any atom is 0.128 e. The highest BCUT2D eigenvalue weighted by atomic mass is 19.1. The largest absolute Gasteiger partial charge is 0.496 e. The fourth-order valence-corrected chi connectivity index (χ4v) is 1.91. The van der Waals surface area contributed by atoms with Crippen LogP contribution in [-0.4, -0.2) is 24.4 Å². The molecule has 2 aromatic rings. The van der Waals surface area contributed by atoms with Gasteiger partial charge in [0.25, 0.3) is 0 Å². The molecule has 0 spiro atoms. The predicted octanol–water partition coefficient (Wildman–Crippen LogP) is 2.25. The molecular weight excluding hydrogens is 233 g/mol. The van der Waals surface area contributed by atoms with Crippen molar-refractivity contribution in [2.24, 2.45) is 0 Å². The fraction of sp³-hybridized carbons (Fsp3) is 0.308. The quantitative estimate of drug-likeness (QED) is 0.873. The number of hydrogen-bond acceptors (Lipinski definition) is 3. The molecule has 5 heteroatoms. The summed E-state index contributed by atoms with van der Waals surface area (Å²) in [5.74, 6) is 0.311. The fourth-order valence-electron chi connectivity index (χ4n) is 1.91. The molecular formula is C13H16FN3O. The number of nitrogens with zero attached hydrogens (tertiary/aromatic N) is 1. The van der Waals surface area contributed by atoms with Crippen LogP contribution >= 0.6 is 0 Å². The van der Waals surface area contributed by atoms with Gasteiger partial charge >= 0.3 is 0 Å². The van der Waals surface area contributed by atoms with Gasteiger partial charge in [0, 0.05) is 12.1 Å². The van der Waals surface area contributed by atoms with Crippen molar-refractivity contribution in [2.75, 3.05) is 14.2 Å². The first-order valence-corrected chi connectivity index (χ1v) is 5.69. The molecule has 1 aromatic heterocycles. The molecule has 4 nitrogen and oxygen atoms in total. The molecule has 0 aliphatic heterocycles. The Labute approximate surface area is 105 Å². The van der Waals surface area contributed by atoms with Crippen LogP contribution in [0.3, 0.4) is 0 Å². The summed E-state index contributed by atoms with van der Waals surface area (Å²) in [6, 6.07) is 4.42. The number of ether oxygens (including phenoxy) is 1. The minimum Gasteiger partial charge on any atom is -0.496 e. The molecule has 0 saturated heterocycles. The van der Waals surface area contributed by atoms with E-state index in [-0.39, 0.29) is 5.82 Å². The Morgan fingerprint density at radius 1 is 1.44 bits per heavy atom. The number of methoxy groups -OCH3 is 1. The van der Waals surface area contributed by atoms with Gasteiger partial charge in [-0.2, -0.15) is 5.10 Å². The normalized spacial score (nSPS) is 10.7. The van der Waals surface area contributed by atoms with Crippen molar-refractivity contribution in [1.82, 2.24) is 15.5 Å². The van der Waals surface area contributed by atoms with E-state index < -0.39 is 0 Å². The monoisotopic (exact) mass is 249 g/mol. The number of aromatic nitrogens is 2. The van der Waals surface area contributed by atoms with E-state index in [2.05, 4.69) is 15.5 Å². The van der Waals surface area contributed by atoms with E-state index in [1.54, 1.807) is 13.2 Å². The average Bonchev–Trinajstić information content (AvgIpc) is 2.72. The number of benzene rings is 1. The number of hydrogen-bond donors (Lipinski definition) is 2. The van der Waals surface area contributed by atoms with Crippen molar-refractivity contribution < 1.29 is 9.13 Å². The summed E-state index contributed by atoms with van der Waals surface area (Å²) in [6.07, 6.45) is 0. The van der Waals surface area contributed by atoms with Gasteiger partial charge in [-0.3, -0.25) is 5.10 Å². The summed E-state index contributed by atoms with van der Waals surface area (Å²) in [5, 5.41) is 10.2. The minimum atomic E-state index is -0.302. The molecule has 18 heavy (non-hydrogen) atoms. The molecule has 0 aliphatic carbocycles. The molecule has 0 bridgehead atoms. The number of halogens is 1. The number of rotatable bonds is 4. The number of aromatic amines is 1. The predicted molar refractivity (Wildman–Crippen MR) is 68.0 cm³/mol. The van der Waals surface area contributed by atoms with Crippen molar-refractivity contribution in [1.29, 1.82) is 0 Å². The van der Waals surface area contributed by atoms with E-state index in [1.807, 2.05) is 14.0 Å². The Balaban J connectivity index is 2.51. The number of nitrogens with one attached hydrogen (secondary N) is 2. The van der Waals surface area contributed by atoms with E-state index >= 15 is 0 Å². The molecule has 0 radical (unpaired) electrons. The minimum absolute atomic E-state index is 0.302. The zero-order valence-electron chi connectivity index (χ0n) is 10.7. The van der Waals surface area contributed by atoms with Gasteiger partial charge in [-0.1, -0.05) is 0 Å². The van der Waals surface area contributed by atoms with Crippen molar-refractivity contribution in [3.63, 3.8) is 0 Å². The molecule has 96 valence electrons. The Kier molecular flexibility index (Phi) is 3.62. The average molecular weight is 249 g/mol. The van der Waals surface area contributed by atoms with Crippen LogP contribution in [0.25, 0.3) is 11.3 Å². The maximum absolute atomic E-state index is 13.3. The number of H-pyrrole nitrogens is 1. The van der Waals surface area contributed by atoms with Crippen LogP contribution in [0.15, 0.2) is 18.2 Å². The summed E-state index contributed by atoms with van der Waals surface area (Å²) in [5.41, 5.74) is 3.36. The summed E-state index contributed by atoms with van der Waals surface area (Å²) < 4.78 is 18.6. The molecule has 2 rings (SSSR count). The Bertz CT molecular complexity index is 551. The molecule has 0 aliphatic rings. The smallest absolute Gasteiger partial charge is 0.128 e. The van der Waals surface area contributed by atoms with Crippen LogP contribution in [0.1, 0.15) is 11.3 Å². The van der Waals surface area contributed by atoms with Crippen molar-refractivity contribution in [3.8, 4) is 17.0 Å². The van der Waals surface area contributed by atoms with Gasteiger partial charge < -0.3 is 10.1 Å². The first-order valence-electron chi connectivity index (χ1n) is 5.69. The van der Waals surface area contributed by atoms with Crippen molar-refractivity contribution in [3.05, 3.63) is 35.3 Å². The van der Waals surface area contributed by atoms with Crippen LogP contribution in [0.4, 0.5) is 4.39 Å². The highest BCUT2D eigenvalue weighted by Gasteiger charge is 2.15. The lowest BCUT2D eigenvalue weighted by atomic mass is 10.1. The van der Waals surface area contributed by atoms with Crippen LogP contribution in [0, 0.1) is 12.7 Å². The van der Waals surface area contributed by atoms with Gasteiger partial charge in [-0.15, -0.1) is 0 Å². The lowest BCUT2D eigenvalue weighted by Crippen LogP contribution is -2.06. The van der Waals surface area contributed by atoms with Crippen LogP contribution < -0.4 is 10.1 Å². The molecule has 2 N–H and O–H groups in total. The maximum atomic E-state index is 13.3. The lowest BCUT2D eigenvalue weighted by Gasteiger charge is -2.07. The second kappa shape index (κ2) is 5.18. The van der Waals surface area contributed by atoms with E-state index in [9.17, 15) is 4.39 Å². The summed E-state index contributed by atoms with van der Waals surface area (Å²) in [6.45, 7) is 2.65. The molecule has 0 fully saturated rings. The highest BCUT2D eigenvalue weighted by molar-refractivity contribution is 5.70. The first-order chi connectivity index (χ1) is 8.67. The van der Waals surface area contributed by atoms with E-state index in [0.29, 0.717) is 17.9 Å². The first kappa shape index (κ1) is 12.6. The van der Waals surface area contributed by atoms with E-state index in [1.165, 1.54) is 12.1 Å². The molecule has 0 amide bonds. The second-order valence-corrected chi connectivity index (χ2v) is 4.05. The molecule has 1 heterocycles. The highest BCUT2D eigenvalue weighted by Crippen LogP contribution is 2.32. The Morgan fingerprint density at radius 3 is 2.89 bits per heavy atom. The summed E-state index contributed by atoms with van der Waals surface area (Å²) in [4.78, 5) is 0. The van der Waals surface area contributed by atoms with Crippen LogP contribution in [-0.2, 0) is 6.54 Å². The molecule has 0 atom stereocenters. The van der Waals surface area contributed by atoms with Gasteiger partial charge in [0.15, 0.2) is 0 Å². The van der Waals surface area contributed by atoms with Gasteiger partial charge in [-0.05, 0) is 37.7 Å². The Morgan fingerprint density at radius 2 is 2.22 bits per heavy atom. The van der Waals surface area contributed by atoms with Gasteiger partial charge in [0.05, 0.1) is 18.5 Å². The third-order valence-corrected chi connectivity index (χ3v) is 2.88. The molecule has 0 saturated carbocycles. The molecule has 0 unspecified atom stereocenters. The zero-order valence-corrected chi connectivity index (χ0v) is 10.7. The lowest BCUT2D eigenvalue weighted by molar-refractivity contribution is 0.415. The summed E-state index contributed by atoms with van der Waals surface area (Å²) in [7, 11) is 3.43. The van der Waals surface area contributed by atoms with Gasteiger partial charge in [-0.25, -0.2) is 4.39 Å². The van der Waals surface area contributed by atoms with E-state index in [4.69, 9.17) is 4.74 Å². The van der Waals surface area contributed by atoms with E-state index in [0.717, 1.165) is 17.0 Å². The third-order valence-electron chi connectivity index (χ3n) is 2.88. The van der Waals surface area contributed by atoms with Crippen LogP contribution in [0.2, 0.25) is 0 Å². The second-order valence-electron chi connectivity index (χ2n) is 4.05. The molecule has 1 aromatic carbocycles. The standard InChI is InChI=1S/C13H16FN3O/c1-8-11(7-15-2)16-17-13(8)10-6-9(14)4-5-12(10)18-3/h4-6,15H,7H2,1-3H3,(H,16,17). The SMILES string of the molecule is CNCc1[nH]nc(-c2cc(F)ccc2OC)c1C. The van der Waals surface area contributed by atoms with Crippen molar-refractivity contribution in [2.45, 2.75) is 13.5 Å². The van der Waals surface area contributed by atoms with Gasteiger partial charge in [0.2, 0.25) is 0 Å². The zero-order chi connectivity index (χ0) is 13.1. The van der Waals surface area contributed by atoms with Crippen molar-refractivity contribution >= 4 is 0 Å². The van der Waals surface area contributed by atoms with Crippen LogP contribution in [0.5, 0.6) is 5.75 Å².